The fourth-order valence-electron chi connectivity index (χ4n) is 3.78. The zero-order chi connectivity index (χ0) is 27.9. The lowest BCUT2D eigenvalue weighted by atomic mass is 10.1. The molecule has 8 nitrogen and oxygen atoms in total. The van der Waals surface area contributed by atoms with Crippen LogP contribution in [0.15, 0.2) is 70.7 Å². The molecule has 0 bridgehead atoms. The SMILES string of the molecule is CCCOc1c(Cl)cc(/C=C2\C(=O)NC(=O)N(c3ccc(OCc4ccc(Br)cc4)cc3)C2=O)cc1OCC. The van der Waals surface area contributed by atoms with E-state index in [1.54, 1.807) is 36.4 Å². The maximum Gasteiger partial charge on any atom is 0.335 e. The first-order valence-electron chi connectivity index (χ1n) is 12.3. The second-order valence-electron chi connectivity index (χ2n) is 8.48. The van der Waals surface area contributed by atoms with Crippen molar-refractivity contribution < 1.29 is 28.6 Å². The summed E-state index contributed by atoms with van der Waals surface area (Å²) in [7, 11) is 0. The molecule has 1 saturated heterocycles. The molecular formula is C29H26BrClN2O6. The van der Waals surface area contributed by atoms with E-state index in [-0.39, 0.29) is 16.3 Å². The van der Waals surface area contributed by atoms with Crippen molar-refractivity contribution >= 4 is 57.1 Å². The monoisotopic (exact) mass is 612 g/mol. The van der Waals surface area contributed by atoms with Crippen LogP contribution in [-0.2, 0) is 16.2 Å². The largest absolute Gasteiger partial charge is 0.490 e. The van der Waals surface area contributed by atoms with Crippen LogP contribution in [0.2, 0.25) is 5.02 Å². The van der Waals surface area contributed by atoms with E-state index in [1.807, 2.05) is 38.1 Å². The van der Waals surface area contributed by atoms with Crippen LogP contribution >= 0.6 is 27.5 Å². The summed E-state index contributed by atoms with van der Waals surface area (Å²) in [4.78, 5) is 39.5. The van der Waals surface area contributed by atoms with Crippen molar-refractivity contribution in [2.24, 2.45) is 0 Å². The summed E-state index contributed by atoms with van der Waals surface area (Å²) < 4.78 is 18.2. The molecule has 0 unspecified atom stereocenters. The van der Waals surface area contributed by atoms with Crippen LogP contribution in [0, 0.1) is 0 Å². The third-order valence-electron chi connectivity index (χ3n) is 5.61. The maximum atomic E-state index is 13.3. The number of hydrogen-bond donors (Lipinski definition) is 1. The Labute approximate surface area is 239 Å². The molecule has 1 aliphatic heterocycles. The third-order valence-corrected chi connectivity index (χ3v) is 6.42. The molecule has 1 N–H and O–H groups in total. The van der Waals surface area contributed by atoms with E-state index >= 15 is 0 Å². The predicted octanol–water partition coefficient (Wildman–Crippen LogP) is 6.54. The van der Waals surface area contributed by atoms with E-state index < -0.39 is 17.8 Å². The van der Waals surface area contributed by atoms with Crippen molar-refractivity contribution in [3.8, 4) is 17.2 Å². The van der Waals surface area contributed by atoms with Crippen LogP contribution in [0.5, 0.6) is 17.2 Å². The Kier molecular flexibility index (Phi) is 9.27. The first-order chi connectivity index (χ1) is 18.8. The molecule has 10 heteroatoms. The molecule has 1 fully saturated rings. The van der Waals surface area contributed by atoms with E-state index in [4.69, 9.17) is 25.8 Å². The van der Waals surface area contributed by atoms with Crippen molar-refractivity contribution in [1.82, 2.24) is 5.32 Å². The number of imide groups is 2. The van der Waals surface area contributed by atoms with Gasteiger partial charge < -0.3 is 14.2 Å². The van der Waals surface area contributed by atoms with Crippen LogP contribution < -0.4 is 24.4 Å². The average molecular weight is 614 g/mol. The summed E-state index contributed by atoms with van der Waals surface area (Å²) in [6.45, 7) is 4.96. The number of nitrogens with zero attached hydrogens (tertiary/aromatic N) is 1. The second-order valence-corrected chi connectivity index (χ2v) is 9.80. The third kappa shape index (κ3) is 6.79. The number of urea groups is 1. The Morgan fingerprint density at radius 3 is 2.33 bits per heavy atom. The number of halogens is 2. The molecule has 4 rings (SSSR count). The van der Waals surface area contributed by atoms with E-state index in [2.05, 4.69) is 21.2 Å². The molecule has 0 spiro atoms. The molecule has 0 aromatic heterocycles. The standard InChI is InChI=1S/C29H26BrClN2O6/c1-3-13-38-26-24(31)15-19(16-25(26)37-4-2)14-23-27(34)32-29(36)33(28(23)35)21-9-11-22(12-10-21)39-17-18-5-7-20(30)8-6-18/h5-12,14-16H,3-4,13,17H2,1-2H3,(H,32,34,36)/b23-14+. The number of rotatable bonds is 10. The highest BCUT2D eigenvalue weighted by Gasteiger charge is 2.37. The van der Waals surface area contributed by atoms with Gasteiger partial charge in [0.25, 0.3) is 11.8 Å². The van der Waals surface area contributed by atoms with Gasteiger partial charge in [-0.1, -0.05) is 46.6 Å². The van der Waals surface area contributed by atoms with Gasteiger partial charge in [0.1, 0.15) is 17.9 Å². The number of hydrogen-bond acceptors (Lipinski definition) is 6. The zero-order valence-electron chi connectivity index (χ0n) is 21.3. The summed E-state index contributed by atoms with van der Waals surface area (Å²) in [5.74, 6) is -0.243. The van der Waals surface area contributed by atoms with Crippen molar-refractivity contribution in [2.75, 3.05) is 18.1 Å². The molecule has 0 atom stereocenters. The smallest absolute Gasteiger partial charge is 0.335 e. The number of benzene rings is 3. The molecule has 0 saturated carbocycles. The van der Waals surface area contributed by atoms with Gasteiger partial charge in [0, 0.05) is 4.47 Å². The minimum atomic E-state index is -0.845. The Morgan fingerprint density at radius 2 is 1.67 bits per heavy atom. The fourth-order valence-corrected chi connectivity index (χ4v) is 4.31. The topological polar surface area (TPSA) is 94.2 Å². The number of ether oxygens (including phenoxy) is 3. The Hall–Kier alpha value is -3.82. The highest BCUT2D eigenvalue weighted by molar-refractivity contribution is 9.10. The quantitative estimate of drug-likeness (QED) is 0.206. The number of anilines is 1. The van der Waals surface area contributed by atoms with Gasteiger partial charge in [-0.3, -0.25) is 14.9 Å². The van der Waals surface area contributed by atoms with Gasteiger partial charge in [0.15, 0.2) is 11.5 Å². The molecule has 39 heavy (non-hydrogen) atoms. The molecule has 3 aromatic rings. The van der Waals surface area contributed by atoms with E-state index in [0.717, 1.165) is 21.4 Å². The minimum absolute atomic E-state index is 0.231. The highest BCUT2D eigenvalue weighted by atomic mass is 79.9. The Balaban J connectivity index is 1.56. The Bertz CT molecular complexity index is 1410. The summed E-state index contributed by atoms with van der Waals surface area (Å²) in [6.07, 6.45) is 2.15. The highest BCUT2D eigenvalue weighted by Crippen LogP contribution is 2.38. The summed E-state index contributed by atoms with van der Waals surface area (Å²) in [6, 6.07) is 16.5. The van der Waals surface area contributed by atoms with Gasteiger partial charge >= 0.3 is 6.03 Å². The van der Waals surface area contributed by atoms with Crippen LogP contribution in [0.1, 0.15) is 31.4 Å². The number of carbonyl (C=O) groups excluding carboxylic acids is 3. The summed E-state index contributed by atoms with van der Waals surface area (Å²) in [5.41, 5.74) is 1.48. The van der Waals surface area contributed by atoms with Gasteiger partial charge in [0.05, 0.1) is 23.9 Å². The Morgan fingerprint density at radius 1 is 0.949 bits per heavy atom. The van der Waals surface area contributed by atoms with Gasteiger partial charge in [0.2, 0.25) is 0 Å². The van der Waals surface area contributed by atoms with Gasteiger partial charge in [-0.05, 0) is 79.1 Å². The lowest BCUT2D eigenvalue weighted by Crippen LogP contribution is -2.54. The van der Waals surface area contributed by atoms with Gasteiger partial charge in [-0.25, -0.2) is 9.69 Å². The van der Waals surface area contributed by atoms with Crippen LogP contribution in [0.4, 0.5) is 10.5 Å². The van der Waals surface area contributed by atoms with Crippen molar-refractivity contribution in [2.45, 2.75) is 26.9 Å². The zero-order valence-corrected chi connectivity index (χ0v) is 23.7. The normalized spacial score (nSPS) is 14.4. The number of barbiturate groups is 1. The lowest BCUT2D eigenvalue weighted by molar-refractivity contribution is -0.122. The van der Waals surface area contributed by atoms with Crippen LogP contribution in [0.25, 0.3) is 6.08 Å². The minimum Gasteiger partial charge on any atom is -0.490 e. The molecule has 202 valence electrons. The first-order valence-corrected chi connectivity index (χ1v) is 13.5. The molecule has 0 radical (unpaired) electrons. The van der Waals surface area contributed by atoms with E-state index in [9.17, 15) is 14.4 Å². The summed E-state index contributed by atoms with van der Waals surface area (Å²) >= 11 is 9.83. The van der Waals surface area contributed by atoms with E-state index in [1.165, 1.54) is 6.08 Å². The molecule has 3 aromatic carbocycles. The van der Waals surface area contributed by atoms with Crippen molar-refractivity contribution in [3.05, 3.63) is 86.9 Å². The second kappa shape index (κ2) is 12.8. The van der Waals surface area contributed by atoms with Crippen LogP contribution in [0.3, 0.4) is 0 Å². The van der Waals surface area contributed by atoms with Crippen molar-refractivity contribution in [3.63, 3.8) is 0 Å². The molecule has 4 amide bonds. The lowest BCUT2D eigenvalue weighted by Gasteiger charge is -2.26. The predicted molar refractivity (Wildman–Crippen MR) is 152 cm³/mol. The number of carbonyl (C=O) groups is 3. The molecule has 0 aliphatic carbocycles. The van der Waals surface area contributed by atoms with Crippen molar-refractivity contribution in [1.29, 1.82) is 0 Å². The van der Waals surface area contributed by atoms with Gasteiger partial charge in [-0.2, -0.15) is 0 Å². The van der Waals surface area contributed by atoms with E-state index in [0.29, 0.717) is 42.6 Å². The molecular weight excluding hydrogens is 588 g/mol. The first kappa shape index (κ1) is 28.2. The summed E-state index contributed by atoms with van der Waals surface area (Å²) in [5, 5.41) is 2.50. The maximum absolute atomic E-state index is 13.3. The van der Waals surface area contributed by atoms with Crippen LogP contribution in [-0.4, -0.2) is 31.1 Å². The molecule has 1 aliphatic rings. The average Bonchev–Trinajstić information content (AvgIpc) is 2.91. The number of nitrogens with one attached hydrogen (secondary N) is 1. The fraction of sp³-hybridized carbons (Fsp3) is 0.207. The molecule has 1 heterocycles. The number of amides is 4. The van der Waals surface area contributed by atoms with Gasteiger partial charge in [-0.15, -0.1) is 0 Å².